The molecule has 1 aromatic heterocycles. The molecule has 8 nitrogen and oxygen atoms in total. The van der Waals surface area contributed by atoms with E-state index in [9.17, 15) is 19.5 Å². The topological polar surface area (TPSA) is 103 Å². The minimum Gasteiger partial charge on any atom is -0.383 e. The first-order chi connectivity index (χ1) is 16.9. The summed E-state index contributed by atoms with van der Waals surface area (Å²) in [5, 5.41) is 13.8. The fourth-order valence-corrected chi connectivity index (χ4v) is 6.20. The Kier molecular flexibility index (Phi) is 5.45. The zero-order chi connectivity index (χ0) is 24.2. The summed E-state index contributed by atoms with van der Waals surface area (Å²) in [6.07, 6.45) is 4.00. The standard InChI is InChI=1S/C27H30N4O4/c32-24-8-6-22(25(33)29-24)31-16-21-20(26(31)34)5-7-23(28-21)27(35)9-11-30(12-10-27)15-17-13-18-3-1-2-4-19(18)14-17/h1-5,7,17,22,35H,6,8-16H2,(H,29,32,33). The number of nitrogens with one attached hydrogen (secondary N) is 1. The van der Waals surface area contributed by atoms with Gasteiger partial charge >= 0.3 is 0 Å². The Morgan fingerprint density at radius 2 is 1.74 bits per heavy atom. The minimum absolute atomic E-state index is 0.221. The van der Waals surface area contributed by atoms with Gasteiger partial charge < -0.3 is 14.9 Å². The third-order valence-corrected chi connectivity index (χ3v) is 8.18. The van der Waals surface area contributed by atoms with Crippen molar-refractivity contribution in [1.82, 2.24) is 20.1 Å². The number of carbonyl (C=O) groups excluding carboxylic acids is 3. The van der Waals surface area contributed by atoms with Gasteiger partial charge in [0.2, 0.25) is 11.8 Å². The summed E-state index contributed by atoms with van der Waals surface area (Å²) in [5.41, 5.74) is 3.58. The number of fused-ring (bicyclic) bond motifs is 2. The second-order valence-corrected chi connectivity index (χ2v) is 10.5. The predicted molar refractivity (Wildman–Crippen MR) is 127 cm³/mol. The van der Waals surface area contributed by atoms with E-state index >= 15 is 0 Å². The van der Waals surface area contributed by atoms with Crippen LogP contribution in [-0.2, 0) is 34.6 Å². The average Bonchev–Trinajstić information content (AvgIpc) is 3.41. The molecular weight excluding hydrogens is 444 g/mol. The largest absolute Gasteiger partial charge is 0.383 e. The number of hydrogen-bond donors (Lipinski definition) is 2. The highest BCUT2D eigenvalue weighted by atomic mass is 16.3. The number of likely N-dealkylation sites (tertiary alicyclic amines) is 1. The Morgan fingerprint density at radius 3 is 2.43 bits per heavy atom. The summed E-state index contributed by atoms with van der Waals surface area (Å²) in [6, 6.07) is 11.5. The molecule has 0 radical (unpaired) electrons. The van der Waals surface area contributed by atoms with Crippen LogP contribution in [0.3, 0.4) is 0 Å². The molecule has 8 heteroatoms. The molecule has 3 amide bonds. The number of hydrogen-bond acceptors (Lipinski definition) is 6. The van der Waals surface area contributed by atoms with E-state index in [4.69, 9.17) is 4.98 Å². The van der Waals surface area contributed by atoms with Gasteiger partial charge in [0.05, 0.1) is 23.5 Å². The van der Waals surface area contributed by atoms with E-state index in [2.05, 4.69) is 34.5 Å². The number of imide groups is 1. The van der Waals surface area contributed by atoms with Gasteiger partial charge in [-0.15, -0.1) is 0 Å². The van der Waals surface area contributed by atoms with Crippen LogP contribution in [0.2, 0.25) is 0 Å². The molecule has 2 saturated heterocycles. The van der Waals surface area contributed by atoms with Crippen molar-refractivity contribution in [3.8, 4) is 0 Å². The maximum atomic E-state index is 12.9. The molecule has 1 aliphatic carbocycles. The number of carbonyl (C=O) groups is 3. The highest BCUT2D eigenvalue weighted by Crippen LogP contribution is 2.35. The second kappa shape index (κ2) is 8.53. The van der Waals surface area contributed by atoms with Crippen LogP contribution < -0.4 is 5.32 Å². The molecule has 0 spiro atoms. The van der Waals surface area contributed by atoms with E-state index in [1.807, 2.05) is 0 Å². The van der Waals surface area contributed by atoms with Crippen molar-refractivity contribution in [3.05, 3.63) is 64.5 Å². The van der Waals surface area contributed by atoms with E-state index in [0.29, 0.717) is 42.1 Å². The third-order valence-electron chi connectivity index (χ3n) is 8.18. The van der Waals surface area contributed by atoms with Gasteiger partial charge in [0, 0.05) is 26.1 Å². The van der Waals surface area contributed by atoms with Crippen molar-refractivity contribution < 1.29 is 19.5 Å². The van der Waals surface area contributed by atoms with Gasteiger partial charge in [-0.2, -0.15) is 0 Å². The van der Waals surface area contributed by atoms with Crippen LogP contribution in [0.25, 0.3) is 0 Å². The van der Waals surface area contributed by atoms with Gasteiger partial charge in [-0.3, -0.25) is 24.7 Å². The van der Waals surface area contributed by atoms with E-state index < -0.39 is 17.6 Å². The van der Waals surface area contributed by atoms with Gasteiger partial charge in [-0.25, -0.2) is 0 Å². The normalized spacial score (nSPS) is 24.4. The van der Waals surface area contributed by atoms with Crippen molar-refractivity contribution in [1.29, 1.82) is 0 Å². The molecule has 0 bridgehead atoms. The summed E-state index contributed by atoms with van der Waals surface area (Å²) in [7, 11) is 0. The molecule has 0 saturated carbocycles. The molecule has 6 rings (SSSR count). The van der Waals surface area contributed by atoms with E-state index in [1.165, 1.54) is 16.0 Å². The summed E-state index contributed by atoms with van der Waals surface area (Å²) in [4.78, 5) is 45.4. The Balaban J connectivity index is 1.10. The van der Waals surface area contributed by atoms with Gasteiger partial charge in [0.15, 0.2) is 0 Å². The lowest BCUT2D eigenvalue weighted by Crippen LogP contribution is -2.52. The number of aromatic nitrogens is 1. The van der Waals surface area contributed by atoms with Crippen molar-refractivity contribution >= 4 is 17.7 Å². The Labute approximate surface area is 204 Å². The van der Waals surface area contributed by atoms with Crippen LogP contribution in [-0.4, -0.2) is 63.3 Å². The van der Waals surface area contributed by atoms with Crippen LogP contribution in [0.1, 0.15) is 58.6 Å². The molecule has 35 heavy (non-hydrogen) atoms. The quantitative estimate of drug-likeness (QED) is 0.652. The molecule has 1 aromatic carbocycles. The number of amides is 3. The van der Waals surface area contributed by atoms with Crippen LogP contribution >= 0.6 is 0 Å². The second-order valence-electron chi connectivity index (χ2n) is 10.5. The third kappa shape index (κ3) is 4.04. The number of nitrogens with zero attached hydrogens (tertiary/aromatic N) is 3. The lowest BCUT2D eigenvalue weighted by Gasteiger charge is -2.38. The number of piperidine rings is 2. The zero-order valence-electron chi connectivity index (χ0n) is 19.7. The first-order valence-corrected chi connectivity index (χ1v) is 12.6. The fraction of sp³-hybridized carbons (Fsp3) is 0.481. The zero-order valence-corrected chi connectivity index (χ0v) is 19.7. The minimum atomic E-state index is -1.02. The Bertz CT molecular complexity index is 1180. The van der Waals surface area contributed by atoms with Crippen LogP contribution in [0, 0.1) is 5.92 Å². The summed E-state index contributed by atoms with van der Waals surface area (Å²) < 4.78 is 0. The molecule has 4 heterocycles. The Morgan fingerprint density at radius 1 is 1.03 bits per heavy atom. The highest BCUT2D eigenvalue weighted by molar-refractivity contribution is 6.05. The first-order valence-electron chi connectivity index (χ1n) is 12.6. The predicted octanol–water partition coefficient (Wildman–Crippen LogP) is 1.54. The highest BCUT2D eigenvalue weighted by Gasteiger charge is 2.42. The number of pyridine rings is 1. The van der Waals surface area contributed by atoms with Crippen molar-refractivity contribution in [2.75, 3.05) is 19.6 Å². The summed E-state index contributed by atoms with van der Waals surface area (Å²) in [5.74, 6) is -0.352. The fourth-order valence-electron chi connectivity index (χ4n) is 6.20. The molecule has 3 aliphatic heterocycles. The number of benzene rings is 1. The number of aliphatic hydroxyl groups is 1. The Hall–Kier alpha value is -3.10. The molecule has 2 fully saturated rings. The van der Waals surface area contributed by atoms with Crippen LogP contribution in [0.4, 0.5) is 0 Å². The summed E-state index contributed by atoms with van der Waals surface area (Å²) in [6.45, 7) is 2.88. The van der Waals surface area contributed by atoms with E-state index in [1.54, 1.807) is 12.1 Å². The van der Waals surface area contributed by atoms with Crippen molar-refractivity contribution in [2.45, 2.75) is 56.7 Å². The van der Waals surface area contributed by atoms with Crippen LogP contribution in [0.5, 0.6) is 0 Å². The molecule has 1 atom stereocenters. The van der Waals surface area contributed by atoms with Gasteiger partial charge in [0.1, 0.15) is 11.6 Å². The lowest BCUT2D eigenvalue weighted by atomic mass is 9.87. The maximum absolute atomic E-state index is 12.9. The van der Waals surface area contributed by atoms with Gasteiger partial charge in [0.25, 0.3) is 5.91 Å². The summed E-state index contributed by atoms with van der Waals surface area (Å²) >= 11 is 0. The molecule has 2 aromatic rings. The van der Waals surface area contributed by atoms with E-state index in [0.717, 1.165) is 32.5 Å². The molecule has 1 unspecified atom stereocenters. The monoisotopic (exact) mass is 474 g/mol. The maximum Gasteiger partial charge on any atom is 0.256 e. The smallest absolute Gasteiger partial charge is 0.256 e. The first kappa shape index (κ1) is 22.4. The van der Waals surface area contributed by atoms with Crippen LogP contribution in [0.15, 0.2) is 36.4 Å². The molecular formula is C27H30N4O4. The molecule has 2 N–H and O–H groups in total. The SMILES string of the molecule is O=C1CCC(N2Cc3nc(C4(O)CCN(CC5Cc6ccccc6C5)CC4)ccc3C2=O)C(=O)N1. The van der Waals surface area contributed by atoms with Gasteiger partial charge in [-0.05, 0) is 61.3 Å². The lowest BCUT2D eigenvalue weighted by molar-refractivity contribution is -0.136. The molecule has 182 valence electrons. The van der Waals surface area contributed by atoms with Gasteiger partial charge in [-0.1, -0.05) is 24.3 Å². The van der Waals surface area contributed by atoms with E-state index in [-0.39, 0.29) is 24.8 Å². The van der Waals surface area contributed by atoms with Crippen molar-refractivity contribution in [2.24, 2.45) is 5.92 Å². The van der Waals surface area contributed by atoms with Crippen molar-refractivity contribution in [3.63, 3.8) is 0 Å². The average molecular weight is 475 g/mol. The number of rotatable bonds is 4. The molecule has 4 aliphatic rings.